The number of aryl methyl sites for hydroxylation is 1. The number of hydrogen-bond acceptors (Lipinski definition) is 4. The number of nitrogens with one attached hydrogen (secondary N) is 1. The minimum absolute atomic E-state index is 0.0153. The van der Waals surface area contributed by atoms with Crippen LogP contribution in [0.15, 0.2) is 51.7 Å². The summed E-state index contributed by atoms with van der Waals surface area (Å²) in [5.41, 5.74) is 1.42. The van der Waals surface area contributed by atoms with Crippen LogP contribution in [0.5, 0.6) is 5.75 Å². The Morgan fingerprint density at radius 2 is 1.92 bits per heavy atom. The fourth-order valence-electron chi connectivity index (χ4n) is 2.67. The molecule has 0 saturated heterocycles. The molecule has 128 valence electrons. The second-order valence-electron chi connectivity index (χ2n) is 5.73. The number of carbonyl (C=O) groups is 1. The van der Waals surface area contributed by atoms with Crippen LogP contribution < -0.4 is 10.9 Å². The van der Waals surface area contributed by atoms with Gasteiger partial charge in [0, 0.05) is 29.1 Å². The van der Waals surface area contributed by atoms with Gasteiger partial charge in [0.1, 0.15) is 17.1 Å². The van der Waals surface area contributed by atoms with Gasteiger partial charge in [-0.05, 0) is 55.3 Å². The van der Waals surface area contributed by atoms with Crippen LogP contribution in [0.25, 0.3) is 11.0 Å². The lowest BCUT2D eigenvalue weighted by molar-refractivity contribution is -0.116. The van der Waals surface area contributed by atoms with Gasteiger partial charge in [-0.15, -0.1) is 0 Å². The molecule has 6 heteroatoms. The summed E-state index contributed by atoms with van der Waals surface area (Å²) < 4.78 is 18.1. The van der Waals surface area contributed by atoms with E-state index in [1.165, 1.54) is 36.4 Å². The van der Waals surface area contributed by atoms with Gasteiger partial charge in [0.25, 0.3) is 0 Å². The summed E-state index contributed by atoms with van der Waals surface area (Å²) in [7, 11) is 0. The van der Waals surface area contributed by atoms with E-state index in [4.69, 9.17) is 4.42 Å². The van der Waals surface area contributed by atoms with Gasteiger partial charge in [0.15, 0.2) is 0 Å². The maximum atomic E-state index is 12.9. The molecule has 0 spiro atoms. The summed E-state index contributed by atoms with van der Waals surface area (Å²) in [6, 6.07) is 10.0. The molecule has 1 aromatic heterocycles. The average Bonchev–Trinajstić information content (AvgIpc) is 2.56. The zero-order chi connectivity index (χ0) is 18.0. The molecule has 0 aliphatic carbocycles. The van der Waals surface area contributed by atoms with E-state index >= 15 is 0 Å². The number of aromatic hydroxyl groups is 1. The predicted molar refractivity (Wildman–Crippen MR) is 92.2 cm³/mol. The molecule has 0 saturated carbocycles. The van der Waals surface area contributed by atoms with Crippen molar-refractivity contribution in [2.45, 2.75) is 19.8 Å². The van der Waals surface area contributed by atoms with Gasteiger partial charge in [-0.1, -0.05) is 0 Å². The van der Waals surface area contributed by atoms with Crippen molar-refractivity contribution in [1.29, 1.82) is 0 Å². The first-order valence-electron chi connectivity index (χ1n) is 7.75. The third-order valence-electron chi connectivity index (χ3n) is 4.00. The van der Waals surface area contributed by atoms with Gasteiger partial charge in [-0.25, -0.2) is 9.18 Å². The Bertz CT molecular complexity index is 993. The summed E-state index contributed by atoms with van der Waals surface area (Å²) in [5, 5.41) is 12.8. The zero-order valence-corrected chi connectivity index (χ0v) is 13.5. The van der Waals surface area contributed by atoms with Crippen LogP contribution in [0, 0.1) is 12.7 Å². The van der Waals surface area contributed by atoms with Crippen molar-refractivity contribution in [2.24, 2.45) is 0 Å². The van der Waals surface area contributed by atoms with Crippen molar-refractivity contribution in [1.82, 2.24) is 0 Å². The highest BCUT2D eigenvalue weighted by Crippen LogP contribution is 2.24. The molecule has 0 radical (unpaired) electrons. The maximum Gasteiger partial charge on any atom is 0.339 e. The molecule has 2 N–H and O–H groups in total. The van der Waals surface area contributed by atoms with E-state index in [0.29, 0.717) is 22.2 Å². The maximum absolute atomic E-state index is 12.9. The minimum atomic E-state index is -0.523. The van der Waals surface area contributed by atoms with Crippen LogP contribution >= 0.6 is 0 Å². The lowest BCUT2D eigenvalue weighted by Gasteiger charge is -2.08. The number of anilines is 1. The Balaban J connectivity index is 1.76. The number of phenols is 1. The fourth-order valence-corrected chi connectivity index (χ4v) is 2.67. The van der Waals surface area contributed by atoms with E-state index in [-0.39, 0.29) is 30.3 Å². The molecule has 0 bridgehead atoms. The standard InChI is InChI=1S/C19H16FNO4/c1-11-15-7-6-14(22)10-17(15)25-19(24)16(11)8-9-18(23)21-13-4-2-12(20)3-5-13/h2-7,10,22H,8-9H2,1H3,(H,21,23). The van der Waals surface area contributed by atoms with Crippen molar-refractivity contribution < 1.29 is 18.7 Å². The average molecular weight is 341 g/mol. The van der Waals surface area contributed by atoms with Crippen molar-refractivity contribution in [3.05, 3.63) is 69.8 Å². The van der Waals surface area contributed by atoms with E-state index < -0.39 is 5.63 Å². The minimum Gasteiger partial charge on any atom is -0.508 e. The fraction of sp³-hybridized carbons (Fsp3) is 0.158. The summed E-state index contributed by atoms with van der Waals surface area (Å²) in [4.78, 5) is 24.2. The van der Waals surface area contributed by atoms with Crippen LogP contribution in [0.1, 0.15) is 17.5 Å². The molecule has 3 rings (SSSR count). The number of phenolic OH excluding ortho intramolecular Hbond substituents is 1. The van der Waals surface area contributed by atoms with Crippen molar-refractivity contribution in [3.63, 3.8) is 0 Å². The number of rotatable bonds is 4. The van der Waals surface area contributed by atoms with Gasteiger partial charge >= 0.3 is 5.63 Å². The third kappa shape index (κ3) is 3.68. The molecule has 1 heterocycles. The molecule has 1 amide bonds. The van der Waals surface area contributed by atoms with E-state index in [1.54, 1.807) is 13.0 Å². The van der Waals surface area contributed by atoms with Gasteiger partial charge < -0.3 is 14.8 Å². The number of halogens is 1. The summed E-state index contributed by atoms with van der Waals surface area (Å²) >= 11 is 0. The zero-order valence-electron chi connectivity index (χ0n) is 13.5. The second kappa shape index (κ2) is 6.76. The molecule has 25 heavy (non-hydrogen) atoms. The molecule has 0 aliphatic rings. The third-order valence-corrected chi connectivity index (χ3v) is 4.00. The van der Waals surface area contributed by atoms with Crippen LogP contribution in [-0.4, -0.2) is 11.0 Å². The highest BCUT2D eigenvalue weighted by atomic mass is 19.1. The highest BCUT2D eigenvalue weighted by Gasteiger charge is 2.13. The Morgan fingerprint density at radius 1 is 1.20 bits per heavy atom. The number of fused-ring (bicyclic) bond motifs is 1. The first kappa shape index (κ1) is 16.7. The smallest absolute Gasteiger partial charge is 0.339 e. The molecule has 0 atom stereocenters. The first-order valence-corrected chi connectivity index (χ1v) is 7.75. The molecule has 0 fully saturated rings. The summed E-state index contributed by atoms with van der Waals surface area (Å²) in [5.74, 6) is -0.647. The normalized spacial score (nSPS) is 10.8. The second-order valence-corrected chi connectivity index (χ2v) is 5.73. The summed E-state index contributed by atoms with van der Waals surface area (Å²) in [6.07, 6.45) is 0.310. The van der Waals surface area contributed by atoms with Crippen LogP contribution in [-0.2, 0) is 11.2 Å². The summed E-state index contributed by atoms with van der Waals surface area (Å²) in [6.45, 7) is 1.78. The lowest BCUT2D eigenvalue weighted by atomic mass is 10.0. The van der Waals surface area contributed by atoms with Gasteiger partial charge in [0.05, 0.1) is 0 Å². The molecule has 0 unspecified atom stereocenters. The molecular weight excluding hydrogens is 325 g/mol. The van der Waals surface area contributed by atoms with E-state index in [2.05, 4.69) is 5.32 Å². The van der Waals surface area contributed by atoms with Crippen molar-refractivity contribution >= 4 is 22.6 Å². The number of benzene rings is 2. The van der Waals surface area contributed by atoms with E-state index in [0.717, 1.165) is 5.56 Å². The number of carbonyl (C=O) groups excluding carboxylic acids is 1. The Labute approximate surface area is 142 Å². The quantitative estimate of drug-likeness (QED) is 0.712. The topological polar surface area (TPSA) is 79.5 Å². The van der Waals surface area contributed by atoms with E-state index in [1.807, 2.05) is 0 Å². The Hall–Kier alpha value is -3.15. The van der Waals surface area contributed by atoms with Gasteiger partial charge in [0.2, 0.25) is 5.91 Å². The van der Waals surface area contributed by atoms with Crippen molar-refractivity contribution in [2.75, 3.05) is 5.32 Å². The predicted octanol–water partition coefficient (Wildman–Crippen LogP) is 3.52. The molecule has 3 aromatic rings. The monoisotopic (exact) mass is 341 g/mol. The van der Waals surface area contributed by atoms with Gasteiger partial charge in [-0.2, -0.15) is 0 Å². The molecule has 2 aromatic carbocycles. The van der Waals surface area contributed by atoms with E-state index in [9.17, 15) is 19.1 Å². The molecule has 0 aliphatic heterocycles. The Morgan fingerprint density at radius 3 is 2.64 bits per heavy atom. The molecule has 5 nitrogen and oxygen atoms in total. The SMILES string of the molecule is Cc1c(CCC(=O)Nc2ccc(F)cc2)c(=O)oc2cc(O)ccc12. The Kier molecular flexibility index (Phi) is 4.52. The number of hydrogen-bond donors (Lipinski definition) is 2. The van der Waals surface area contributed by atoms with Crippen LogP contribution in [0.2, 0.25) is 0 Å². The lowest BCUT2D eigenvalue weighted by Crippen LogP contribution is -2.16. The molecular formula is C19H16FNO4. The largest absolute Gasteiger partial charge is 0.508 e. The first-order chi connectivity index (χ1) is 11.9. The van der Waals surface area contributed by atoms with Gasteiger partial charge in [-0.3, -0.25) is 4.79 Å². The highest BCUT2D eigenvalue weighted by molar-refractivity contribution is 5.91. The van der Waals surface area contributed by atoms with Crippen LogP contribution in [0.4, 0.5) is 10.1 Å². The van der Waals surface area contributed by atoms with Crippen LogP contribution in [0.3, 0.4) is 0 Å². The number of amides is 1. The van der Waals surface area contributed by atoms with Crippen molar-refractivity contribution in [3.8, 4) is 5.75 Å².